The molecule has 3 aromatic rings. The zero-order chi connectivity index (χ0) is 13.2. The molecule has 0 saturated carbocycles. The van der Waals surface area contributed by atoms with Gasteiger partial charge in [-0.05, 0) is 42.5 Å². The standard InChI is InChI=1S/C15H13NO3/c16-11-2-1-10-7-14(19-15(10)8-11)9-18-13-5-3-12(17)4-6-13/h1-8,17H,9,16H2. The Labute approximate surface area is 110 Å². The lowest BCUT2D eigenvalue weighted by Gasteiger charge is -2.03. The summed E-state index contributed by atoms with van der Waals surface area (Å²) in [5, 5.41) is 10.2. The summed E-state index contributed by atoms with van der Waals surface area (Å²) in [7, 11) is 0. The van der Waals surface area contributed by atoms with Crippen LogP contribution in [0.25, 0.3) is 11.0 Å². The van der Waals surface area contributed by atoms with Crippen molar-refractivity contribution in [3.8, 4) is 11.5 Å². The molecule has 0 unspecified atom stereocenters. The second-order valence-corrected chi connectivity index (χ2v) is 4.29. The minimum atomic E-state index is 0.214. The summed E-state index contributed by atoms with van der Waals surface area (Å²) in [6.45, 7) is 0.333. The van der Waals surface area contributed by atoms with Gasteiger partial charge >= 0.3 is 0 Å². The number of anilines is 1. The summed E-state index contributed by atoms with van der Waals surface area (Å²) < 4.78 is 11.2. The van der Waals surface area contributed by atoms with E-state index in [0.717, 1.165) is 16.7 Å². The molecule has 1 aromatic heterocycles. The first-order chi connectivity index (χ1) is 9.20. The summed E-state index contributed by atoms with van der Waals surface area (Å²) in [4.78, 5) is 0. The Hall–Kier alpha value is -2.62. The Bertz CT molecular complexity index is 701. The third kappa shape index (κ3) is 2.47. The zero-order valence-electron chi connectivity index (χ0n) is 10.2. The summed E-state index contributed by atoms with van der Waals surface area (Å²) >= 11 is 0. The van der Waals surface area contributed by atoms with Crippen LogP contribution in [0.3, 0.4) is 0 Å². The predicted molar refractivity (Wildman–Crippen MR) is 73.1 cm³/mol. The number of hydrogen-bond acceptors (Lipinski definition) is 4. The van der Waals surface area contributed by atoms with E-state index in [1.54, 1.807) is 30.3 Å². The average molecular weight is 255 g/mol. The smallest absolute Gasteiger partial charge is 0.146 e. The highest BCUT2D eigenvalue weighted by Gasteiger charge is 2.05. The van der Waals surface area contributed by atoms with E-state index in [0.29, 0.717) is 18.0 Å². The second-order valence-electron chi connectivity index (χ2n) is 4.29. The van der Waals surface area contributed by atoms with E-state index in [1.807, 2.05) is 18.2 Å². The van der Waals surface area contributed by atoms with Crippen molar-refractivity contribution in [1.29, 1.82) is 0 Å². The molecular weight excluding hydrogens is 242 g/mol. The molecule has 0 aliphatic carbocycles. The molecule has 3 N–H and O–H groups in total. The number of benzene rings is 2. The van der Waals surface area contributed by atoms with Gasteiger partial charge in [0.25, 0.3) is 0 Å². The van der Waals surface area contributed by atoms with E-state index < -0.39 is 0 Å². The van der Waals surface area contributed by atoms with Gasteiger partial charge in [0.05, 0.1) is 0 Å². The molecule has 0 fully saturated rings. The van der Waals surface area contributed by atoms with E-state index in [-0.39, 0.29) is 5.75 Å². The minimum Gasteiger partial charge on any atom is -0.508 e. The topological polar surface area (TPSA) is 68.6 Å². The molecule has 0 saturated heterocycles. The Balaban J connectivity index is 1.76. The molecule has 1 heterocycles. The molecule has 0 bridgehead atoms. The first-order valence-electron chi connectivity index (χ1n) is 5.90. The number of furan rings is 1. The Morgan fingerprint density at radius 1 is 1.05 bits per heavy atom. The van der Waals surface area contributed by atoms with Crippen LogP contribution in [0.2, 0.25) is 0 Å². The molecule has 3 rings (SSSR count). The van der Waals surface area contributed by atoms with E-state index in [1.165, 1.54) is 0 Å². The van der Waals surface area contributed by atoms with Gasteiger partial charge in [0, 0.05) is 17.1 Å². The second kappa shape index (κ2) is 4.57. The molecule has 19 heavy (non-hydrogen) atoms. The lowest BCUT2D eigenvalue weighted by Crippen LogP contribution is -1.92. The molecule has 0 aliphatic heterocycles. The first kappa shape index (κ1) is 11.5. The highest BCUT2D eigenvalue weighted by Crippen LogP contribution is 2.23. The molecular formula is C15H13NO3. The number of phenols is 1. The minimum absolute atomic E-state index is 0.214. The van der Waals surface area contributed by atoms with Crippen molar-refractivity contribution in [2.45, 2.75) is 6.61 Å². The van der Waals surface area contributed by atoms with Gasteiger partial charge in [-0.1, -0.05) is 0 Å². The van der Waals surface area contributed by atoms with E-state index >= 15 is 0 Å². The molecule has 0 atom stereocenters. The fourth-order valence-electron chi connectivity index (χ4n) is 1.87. The molecule has 0 spiro atoms. The molecule has 4 nitrogen and oxygen atoms in total. The largest absolute Gasteiger partial charge is 0.508 e. The van der Waals surface area contributed by atoms with Gasteiger partial charge in [0.15, 0.2) is 0 Å². The number of aromatic hydroxyl groups is 1. The van der Waals surface area contributed by atoms with Crippen molar-refractivity contribution in [1.82, 2.24) is 0 Å². The van der Waals surface area contributed by atoms with Crippen LogP contribution in [0.1, 0.15) is 5.76 Å². The van der Waals surface area contributed by atoms with Gasteiger partial charge < -0.3 is 20.0 Å². The van der Waals surface area contributed by atoms with E-state index in [4.69, 9.17) is 14.9 Å². The molecule has 4 heteroatoms. The lowest BCUT2D eigenvalue weighted by atomic mass is 10.2. The van der Waals surface area contributed by atoms with Gasteiger partial charge in [-0.2, -0.15) is 0 Å². The van der Waals surface area contributed by atoms with Gasteiger partial charge in [-0.15, -0.1) is 0 Å². The summed E-state index contributed by atoms with van der Waals surface area (Å²) in [5.41, 5.74) is 7.13. The van der Waals surface area contributed by atoms with Crippen LogP contribution in [-0.2, 0) is 6.61 Å². The molecule has 96 valence electrons. The van der Waals surface area contributed by atoms with Gasteiger partial charge in [-0.25, -0.2) is 0 Å². The first-order valence-corrected chi connectivity index (χ1v) is 5.90. The van der Waals surface area contributed by atoms with Crippen LogP contribution in [0, 0.1) is 0 Å². The van der Waals surface area contributed by atoms with E-state index in [9.17, 15) is 5.11 Å². The van der Waals surface area contributed by atoms with Crippen molar-refractivity contribution >= 4 is 16.7 Å². The summed E-state index contributed by atoms with van der Waals surface area (Å²) in [6.07, 6.45) is 0. The Morgan fingerprint density at radius 3 is 2.63 bits per heavy atom. The molecule has 0 radical (unpaired) electrons. The number of hydrogen-bond donors (Lipinski definition) is 2. The maximum Gasteiger partial charge on any atom is 0.146 e. The normalized spacial score (nSPS) is 10.7. The van der Waals surface area contributed by atoms with Crippen LogP contribution in [0.4, 0.5) is 5.69 Å². The predicted octanol–water partition coefficient (Wildman–Crippen LogP) is 3.30. The number of phenolic OH excluding ortho intramolecular Hbond substituents is 1. The Kier molecular flexibility index (Phi) is 2.76. The Morgan fingerprint density at radius 2 is 1.84 bits per heavy atom. The van der Waals surface area contributed by atoms with E-state index in [2.05, 4.69) is 0 Å². The SMILES string of the molecule is Nc1ccc2cc(COc3ccc(O)cc3)oc2c1. The van der Waals surface area contributed by atoms with Crippen molar-refractivity contribution in [3.63, 3.8) is 0 Å². The molecule has 2 aromatic carbocycles. The van der Waals surface area contributed by atoms with Crippen LogP contribution >= 0.6 is 0 Å². The summed E-state index contributed by atoms with van der Waals surface area (Å²) in [5.74, 6) is 1.62. The quantitative estimate of drug-likeness (QED) is 0.704. The monoisotopic (exact) mass is 255 g/mol. The third-order valence-corrected chi connectivity index (χ3v) is 2.81. The van der Waals surface area contributed by atoms with Crippen LogP contribution in [0.15, 0.2) is 52.9 Å². The molecule has 0 aliphatic rings. The maximum atomic E-state index is 9.18. The highest BCUT2D eigenvalue weighted by atomic mass is 16.5. The van der Waals surface area contributed by atoms with Crippen molar-refractivity contribution in [2.24, 2.45) is 0 Å². The van der Waals surface area contributed by atoms with Crippen molar-refractivity contribution < 1.29 is 14.3 Å². The van der Waals surface area contributed by atoms with Gasteiger partial charge in [0.1, 0.15) is 29.4 Å². The third-order valence-electron chi connectivity index (χ3n) is 2.81. The average Bonchev–Trinajstić information content (AvgIpc) is 2.80. The highest BCUT2D eigenvalue weighted by molar-refractivity contribution is 5.81. The van der Waals surface area contributed by atoms with Crippen LogP contribution in [0.5, 0.6) is 11.5 Å². The number of nitrogens with two attached hydrogens (primary N) is 1. The van der Waals surface area contributed by atoms with Gasteiger partial charge in [-0.3, -0.25) is 0 Å². The lowest BCUT2D eigenvalue weighted by molar-refractivity contribution is 0.274. The fourth-order valence-corrected chi connectivity index (χ4v) is 1.87. The van der Waals surface area contributed by atoms with Crippen LogP contribution < -0.4 is 10.5 Å². The maximum absolute atomic E-state index is 9.18. The molecule has 0 amide bonds. The number of fused-ring (bicyclic) bond motifs is 1. The van der Waals surface area contributed by atoms with Gasteiger partial charge in [0.2, 0.25) is 0 Å². The zero-order valence-corrected chi connectivity index (χ0v) is 10.2. The fraction of sp³-hybridized carbons (Fsp3) is 0.0667. The van der Waals surface area contributed by atoms with Crippen LogP contribution in [-0.4, -0.2) is 5.11 Å². The van der Waals surface area contributed by atoms with Crippen molar-refractivity contribution in [2.75, 3.05) is 5.73 Å². The number of rotatable bonds is 3. The van der Waals surface area contributed by atoms with Crippen molar-refractivity contribution in [3.05, 3.63) is 54.3 Å². The number of ether oxygens (including phenoxy) is 1. The number of nitrogen functional groups attached to an aromatic ring is 1. The summed E-state index contributed by atoms with van der Waals surface area (Å²) in [6, 6.07) is 14.0.